The molecule has 0 radical (unpaired) electrons. The van der Waals surface area contributed by atoms with Gasteiger partial charge in [-0.05, 0) is 13.8 Å². The molecule has 0 spiro atoms. The number of nitrogens with two attached hydrogens (primary N) is 1. The highest BCUT2D eigenvalue weighted by Gasteiger charge is 2.16. The molecular weight excluding hydrogens is 158 g/mol. The molecule has 0 rings (SSSR count). The first-order chi connectivity index (χ1) is 5.61. The molecule has 0 saturated carbocycles. The van der Waals surface area contributed by atoms with E-state index in [4.69, 9.17) is 19.9 Å². The van der Waals surface area contributed by atoms with Gasteiger partial charge in [0.2, 0.25) is 0 Å². The van der Waals surface area contributed by atoms with Crippen LogP contribution in [-0.2, 0) is 14.2 Å². The van der Waals surface area contributed by atoms with E-state index in [1.807, 2.05) is 13.8 Å². The van der Waals surface area contributed by atoms with Gasteiger partial charge in [-0.25, -0.2) is 0 Å². The van der Waals surface area contributed by atoms with E-state index in [-0.39, 0.29) is 18.4 Å². The Balaban J connectivity index is 3.61. The maximum absolute atomic E-state index is 5.71. The van der Waals surface area contributed by atoms with Crippen molar-refractivity contribution in [3.05, 3.63) is 0 Å². The molecule has 4 heteroatoms. The van der Waals surface area contributed by atoms with Gasteiger partial charge in [0, 0.05) is 14.2 Å². The van der Waals surface area contributed by atoms with Crippen LogP contribution in [0.15, 0.2) is 0 Å². The van der Waals surface area contributed by atoms with E-state index in [0.717, 1.165) is 0 Å². The molecule has 0 aliphatic heterocycles. The topological polar surface area (TPSA) is 53.7 Å². The summed E-state index contributed by atoms with van der Waals surface area (Å²) in [5.74, 6) is 0. The van der Waals surface area contributed by atoms with E-state index in [1.54, 1.807) is 14.2 Å². The van der Waals surface area contributed by atoms with Crippen LogP contribution < -0.4 is 5.73 Å². The van der Waals surface area contributed by atoms with Crippen LogP contribution in [0.3, 0.4) is 0 Å². The monoisotopic (exact) mass is 177 g/mol. The van der Waals surface area contributed by atoms with Gasteiger partial charge in [-0.15, -0.1) is 0 Å². The van der Waals surface area contributed by atoms with Crippen LogP contribution in [-0.4, -0.2) is 39.3 Å². The first-order valence-corrected chi connectivity index (χ1v) is 4.04. The molecule has 1 unspecified atom stereocenters. The zero-order valence-corrected chi connectivity index (χ0v) is 8.24. The SMILES string of the molecule is COC(OC)C(N)COC(C)C. The smallest absolute Gasteiger partial charge is 0.174 e. The second-order valence-corrected chi connectivity index (χ2v) is 2.89. The zero-order chi connectivity index (χ0) is 9.56. The molecule has 0 bridgehead atoms. The Morgan fingerprint density at radius 2 is 1.67 bits per heavy atom. The molecule has 12 heavy (non-hydrogen) atoms. The molecular formula is C8H19NO3. The van der Waals surface area contributed by atoms with E-state index < -0.39 is 0 Å². The molecule has 0 fully saturated rings. The Kier molecular flexibility index (Phi) is 6.28. The van der Waals surface area contributed by atoms with Crippen molar-refractivity contribution in [2.45, 2.75) is 32.3 Å². The van der Waals surface area contributed by atoms with Crippen molar-refractivity contribution in [1.29, 1.82) is 0 Å². The molecule has 0 aromatic rings. The molecule has 2 N–H and O–H groups in total. The lowest BCUT2D eigenvalue weighted by atomic mass is 10.3. The summed E-state index contributed by atoms with van der Waals surface area (Å²) >= 11 is 0. The standard InChI is InChI=1S/C8H19NO3/c1-6(2)12-5-7(9)8(10-3)11-4/h6-8H,5,9H2,1-4H3. The van der Waals surface area contributed by atoms with Gasteiger partial charge in [0.1, 0.15) is 0 Å². The van der Waals surface area contributed by atoms with Crippen LogP contribution in [0.1, 0.15) is 13.8 Å². The largest absolute Gasteiger partial charge is 0.377 e. The Labute approximate surface area is 74.0 Å². The van der Waals surface area contributed by atoms with Crippen LogP contribution in [0.5, 0.6) is 0 Å². The fourth-order valence-corrected chi connectivity index (χ4v) is 0.828. The minimum Gasteiger partial charge on any atom is -0.377 e. The molecule has 1 atom stereocenters. The third-order valence-electron chi connectivity index (χ3n) is 1.44. The highest BCUT2D eigenvalue weighted by molar-refractivity contribution is 4.64. The van der Waals surface area contributed by atoms with Gasteiger partial charge in [0.15, 0.2) is 6.29 Å². The molecule has 4 nitrogen and oxygen atoms in total. The summed E-state index contributed by atoms with van der Waals surface area (Å²) in [4.78, 5) is 0. The van der Waals surface area contributed by atoms with Crippen molar-refractivity contribution in [3.63, 3.8) is 0 Å². The summed E-state index contributed by atoms with van der Waals surface area (Å²) in [5.41, 5.74) is 5.71. The number of hydrogen-bond acceptors (Lipinski definition) is 4. The molecule has 0 aliphatic rings. The minimum absolute atomic E-state index is 0.186. The van der Waals surface area contributed by atoms with Crippen molar-refractivity contribution in [3.8, 4) is 0 Å². The third kappa shape index (κ3) is 4.66. The van der Waals surface area contributed by atoms with E-state index in [2.05, 4.69) is 0 Å². The molecule has 0 amide bonds. The van der Waals surface area contributed by atoms with Crippen LogP contribution in [0.25, 0.3) is 0 Å². The highest BCUT2D eigenvalue weighted by Crippen LogP contribution is 1.99. The van der Waals surface area contributed by atoms with Gasteiger partial charge in [-0.1, -0.05) is 0 Å². The normalized spacial score (nSPS) is 14.2. The number of methoxy groups -OCH3 is 2. The average molecular weight is 177 g/mol. The predicted molar refractivity (Wildman–Crippen MR) is 46.9 cm³/mol. The summed E-state index contributed by atoms with van der Waals surface area (Å²) in [6, 6.07) is -0.234. The average Bonchev–Trinajstić information content (AvgIpc) is 2.03. The Hall–Kier alpha value is -0.160. The molecule has 0 saturated heterocycles. The Morgan fingerprint density at radius 3 is 2.00 bits per heavy atom. The Morgan fingerprint density at radius 1 is 1.17 bits per heavy atom. The molecule has 0 heterocycles. The van der Waals surface area contributed by atoms with E-state index in [1.165, 1.54) is 0 Å². The van der Waals surface area contributed by atoms with Crippen LogP contribution in [0.2, 0.25) is 0 Å². The number of hydrogen-bond donors (Lipinski definition) is 1. The van der Waals surface area contributed by atoms with Gasteiger partial charge < -0.3 is 19.9 Å². The van der Waals surface area contributed by atoms with Crippen LogP contribution >= 0.6 is 0 Å². The van der Waals surface area contributed by atoms with Crippen molar-refractivity contribution >= 4 is 0 Å². The van der Waals surface area contributed by atoms with Crippen molar-refractivity contribution in [1.82, 2.24) is 0 Å². The first kappa shape index (κ1) is 11.8. The molecule has 0 aromatic carbocycles. The highest BCUT2D eigenvalue weighted by atomic mass is 16.7. The van der Waals surface area contributed by atoms with Gasteiger partial charge in [-0.3, -0.25) is 0 Å². The number of rotatable bonds is 6. The second kappa shape index (κ2) is 6.37. The quantitative estimate of drug-likeness (QED) is 0.595. The van der Waals surface area contributed by atoms with E-state index >= 15 is 0 Å². The van der Waals surface area contributed by atoms with Crippen molar-refractivity contribution in [2.75, 3.05) is 20.8 Å². The fraction of sp³-hybridized carbons (Fsp3) is 1.00. The summed E-state index contributed by atoms with van der Waals surface area (Å²) in [6.07, 6.45) is -0.200. The molecule has 0 aliphatic carbocycles. The summed E-state index contributed by atoms with van der Waals surface area (Å²) in [6.45, 7) is 4.37. The van der Waals surface area contributed by atoms with E-state index in [0.29, 0.717) is 6.61 Å². The fourth-order valence-electron chi connectivity index (χ4n) is 0.828. The minimum atomic E-state index is -0.385. The molecule has 0 aromatic heterocycles. The lowest BCUT2D eigenvalue weighted by Crippen LogP contribution is -2.41. The van der Waals surface area contributed by atoms with Crippen molar-refractivity contribution < 1.29 is 14.2 Å². The van der Waals surface area contributed by atoms with Gasteiger partial charge in [0.05, 0.1) is 18.8 Å². The number of ether oxygens (including phenoxy) is 3. The molecule has 74 valence electrons. The summed E-state index contributed by atoms with van der Waals surface area (Å²) in [7, 11) is 3.12. The maximum atomic E-state index is 5.71. The third-order valence-corrected chi connectivity index (χ3v) is 1.44. The second-order valence-electron chi connectivity index (χ2n) is 2.89. The summed E-state index contributed by atoms with van der Waals surface area (Å²) < 4.78 is 15.2. The lowest BCUT2D eigenvalue weighted by Gasteiger charge is -2.21. The van der Waals surface area contributed by atoms with Gasteiger partial charge in [-0.2, -0.15) is 0 Å². The van der Waals surface area contributed by atoms with E-state index in [9.17, 15) is 0 Å². The van der Waals surface area contributed by atoms with Crippen LogP contribution in [0.4, 0.5) is 0 Å². The first-order valence-electron chi connectivity index (χ1n) is 4.04. The lowest BCUT2D eigenvalue weighted by molar-refractivity contribution is -0.129. The summed E-state index contributed by atoms with van der Waals surface area (Å²) in [5, 5.41) is 0. The van der Waals surface area contributed by atoms with Gasteiger partial charge >= 0.3 is 0 Å². The van der Waals surface area contributed by atoms with Gasteiger partial charge in [0.25, 0.3) is 0 Å². The van der Waals surface area contributed by atoms with Crippen LogP contribution in [0, 0.1) is 0 Å². The Bertz CT molecular complexity index is 104. The predicted octanol–water partition coefficient (Wildman–Crippen LogP) is 0.358. The zero-order valence-electron chi connectivity index (χ0n) is 8.24. The maximum Gasteiger partial charge on any atom is 0.174 e. The van der Waals surface area contributed by atoms with Crippen molar-refractivity contribution in [2.24, 2.45) is 5.73 Å².